The summed E-state index contributed by atoms with van der Waals surface area (Å²) in [6, 6.07) is 0. The monoisotopic (exact) mass is 143 g/mol. The first kappa shape index (κ1) is 9.17. The second-order valence-electron chi connectivity index (χ2n) is 2.08. The predicted molar refractivity (Wildman–Crippen MR) is 39.5 cm³/mol. The maximum atomic E-state index is 10.1. The molecular weight excluding hydrogens is 130 g/mol. The van der Waals surface area contributed by atoms with Crippen LogP contribution < -0.4 is 5.73 Å². The van der Waals surface area contributed by atoms with E-state index in [9.17, 15) is 4.79 Å². The van der Waals surface area contributed by atoms with Crippen molar-refractivity contribution in [2.45, 2.75) is 6.42 Å². The highest BCUT2D eigenvalue weighted by atomic mass is 16.4. The van der Waals surface area contributed by atoms with Gasteiger partial charge in [-0.15, -0.1) is 6.58 Å². The van der Waals surface area contributed by atoms with Crippen molar-refractivity contribution in [2.24, 2.45) is 17.6 Å². The van der Waals surface area contributed by atoms with Gasteiger partial charge in [0.2, 0.25) is 0 Å². The van der Waals surface area contributed by atoms with Gasteiger partial charge in [-0.2, -0.15) is 0 Å². The molecule has 1 aliphatic rings. The predicted octanol–water partition coefficient (Wildman–Crippen LogP) is 0.468. The van der Waals surface area contributed by atoms with Crippen LogP contribution in [-0.4, -0.2) is 18.1 Å². The Morgan fingerprint density at radius 1 is 1.80 bits per heavy atom. The molecule has 3 heteroatoms. The fourth-order valence-corrected chi connectivity index (χ4v) is 0.759. The molecule has 0 aromatic rings. The zero-order valence-corrected chi connectivity index (χ0v) is 6.08. The quantitative estimate of drug-likeness (QED) is 0.552. The van der Waals surface area contributed by atoms with Crippen LogP contribution in [0.4, 0.5) is 0 Å². The average molecular weight is 143 g/mol. The van der Waals surface area contributed by atoms with Crippen LogP contribution in [-0.2, 0) is 4.79 Å². The molecule has 0 spiro atoms. The number of carbonyl (C=O) groups is 1. The Labute approximate surface area is 60.5 Å². The fraction of sp³-hybridized carbons (Fsp3) is 0.571. The molecule has 58 valence electrons. The maximum Gasteiger partial charge on any atom is 0.307 e. The van der Waals surface area contributed by atoms with Crippen molar-refractivity contribution in [1.29, 1.82) is 0 Å². The molecule has 10 heavy (non-hydrogen) atoms. The molecule has 1 saturated carbocycles. The Kier molecular flexibility index (Phi) is 3.72. The van der Waals surface area contributed by atoms with Gasteiger partial charge in [-0.3, -0.25) is 4.79 Å². The number of aliphatic carboxylic acids is 1. The van der Waals surface area contributed by atoms with E-state index < -0.39 is 5.97 Å². The van der Waals surface area contributed by atoms with E-state index in [2.05, 4.69) is 12.3 Å². The first-order valence-corrected chi connectivity index (χ1v) is 3.19. The molecule has 1 aliphatic carbocycles. The van der Waals surface area contributed by atoms with Crippen molar-refractivity contribution >= 4 is 5.97 Å². The Bertz CT molecular complexity index is 134. The zero-order valence-electron chi connectivity index (χ0n) is 6.08. The fourth-order valence-electron chi connectivity index (χ4n) is 0.759. The van der Waals surface area contributed by atoms with Gasteiger partial charge < -0.3 is 10.8 Å². The Hall–Kier alpha value is -0.830. The van der Waals surface area contributed by atoms with Crippen LogP contribution in [0, 0.1) is 11.8 Å². The average Bonchev–Trinajstić information content (AvgIpc) is 2.70. The topological polar surface area (TPSA) is 63.3 Å². The maximum absolute atomic E-state index is 10.1. The van der Waals surface area contributed by atoms with Crippen LogP contribution in [0.5, 0.6) is 0 Å². The largest absolute Gasteiger partial charge is 0.481 e. The van der Waals surface area contributed by atoms with Crippen molar-refractivity contribution in [2.75, 3.05) is 7.05 Å². The molecule has 0 saturated heterocycles. The third kappa shape index (κ3) is 2.19. The molecule has 0 aliphatic heterocycles. The van der Waals surface area contributed by atoms with Crippen molar-refractivity contribution < 1.29 is 9.90 Å². The van der Waals surface area contributed by atoms with Gasteiger partial charge in [0.05, 0.1) is 5.92 Å². The molecule has 3 N–H and O–H groups in total. The highest BCUT2D eigenvalue weighted by molar-refractivity contribution is 5.73. The molecule has 0 radical (unpaired) electrons. The van der Waals surface area contributed by atoms with Gasteiger partial charge >= 0.3 is 5.97 Å². The number of nitrogens with two attached hydrogens (primary N) is 1. The van der Waals surface area contributed by atoms with Gasteiger partial charge in [0, 0.05) is 0 Å². The van der Waals surface area contributed by atoms with E-state index in [1.807, 2.05) is 0 Å². The van der Waals surface area contributed by atoms with Gasteiger partial charge in [0.15, 0.2) is 0 Å². The second kappa shape index (κ2) is 4.06. The minimum Gasteiger partial charge on any atom is -0.481 e. The number of hydrogen-bond acceptors (Lipinski definition) is 2. The SMILES string of the molecule is C=CC1CC1C(=O)O.CN. The summed E-state index contributed by atoms with van der Waals surface area (Å²) in [5.74, 6) is -0.546. The number of allylic oxidation sites excluding steroid dienone is 1. The summed E-state index contributed by atoms with van der Waals surface area (Å²) in [6.45, 7) is 3.49. The number of rotatable bonds is 2. The molecule has 0 amide bonds. The third-order valence-electron chi connectivity index (χ3n) is 1.46. The summed E-state index contributed by atoms with van der Waals surface area (Å²) in [4.78, 5) is 10.1. The minimum absolute atomic E-state index is 0.118. The standard InChI is InChI=1S/C6H8O2.CH5N/c1-2-4-3-5(4)6(7)8;1-2/h2,4-5H,1,3H2,(H,7,8);2H2,1H3. The Balaban J connectivity index is 0.000000371. The first-order valence-electron chi connectivity index (χ1n) is 3.19. The molecule has 2 unspecified atom stereocenters. The molecule has 0 bridgehead atoms. The van der Waals surface area contributed by atoms with Gasteiger partial charge in [-0.25, -0.2) is 0 Å². The van der Waals surface area contributed by atoms with E-state index in [0.717, 1.165) is 6.42 Å². The van der Waals surface area contributed by atoms with E-state index >= 15 is 0 Å². The molecule has 0 aromatic carbocycles. The summed E-state index contributed by atoms with van der Waals surface area (Å²) in [5, 5.41) is 8.31. The van der Waals surface area contributed by atoms with Crippen molar-refractivity contribution in [3.63, 3.8) is 0 Å². The van der Waals surface area contributed by atoms with E-state index in [0.29, 0.717) is 0 Å². The van der Waals surface area contributed by atoms with Crippen molar-refractivity contribution in [3.8, 4) is 0 Å². The van der Waals surface area contributed by atoms with Gasteiger partial charge in [0.1, 0.15) is 0 Å². The molecular formula is C7H13NO2. The third-order valence-corrected chi connectivity index (χ3v) is 1.46. The number of hydrogen-bond donors (Lipinski definition) is 2. The molecule has 3 nitrogen and oxygen atoms in total. The summed E-state index contributed by atoms with van der Waals surface area (Å²) >= 11 is 0. The van der Waals surface area contributed by atoms with Crippen molar-refractivity contribution in [1.82, 2.24) is 0 Å². The Morgan fingerprint density at radius 2 is 2.30 bits per heavy atom. The van der Waals surface area contributed by atoms with E-state index in [1.54, 1.807) is 6.08 Å². The highest BCUT2D eigenvalue weighted by Gasteiger charge is 2.40. The zero-order chi connectivity index (χ0) is 8.15. The van der Waals surface area contributed by atoms with Crippen LogP contribution in [0.2, 0.25) is 0 Å². The number of carboxylic acid groups (broad SMARTS) is 1. The number of carboxylic acids is 1. The van der Waals surface area contributed by atoms with E-state index in [-0.39, 0.29) is 11.8 Å². The lowest BCUT2D eigenvalue weighted by Gasteiger charge is -1.81. The summed E-state index contributed by atoms with van der Waals surface area (Å²) in [7, 11) is 1.50. The normalized spacial score (nSPS) is 27.8. The smallest absolute Gasteiger partial charge is 0.307 e. The van der Waals surface area contributed by atoms with Crippen LogP contribution in [0.25, 0.3) is 0 Å². The lowest BCUT2D eigenvalue weighted by Crippen LogP contribution is -1.97. The molecule has 0 heterocycles. The molecule has 1 fully saturated rings. The second-order valence-corrected chi connectivity index (χ2v) is 2.08. The van der Waals surface area contributed by atoms with Crippen LogP contribution >= 0.6 is 0 Å². The van der Waals surface area contributed by atoms with Gasteiger partial charge in [-0.05, 0) is 19.4 Å². The molecule has 0 aromatic heterocycles. The molecule has 2 atom stereocenters. The van der Waals surface area contributed by atoms with Gasteiger partial charge in [0.25, 0.3) is 0 Å². The lowest BCUT2D eigenvalue weighted by molar-refractivity contribution is -0.138. The van der Waals surface area contributed by atoms with Crippen LogP contribution in [0.1, 0.15) is 6.42 Å². The van der Waals surface area contributed by atoms with E-state index in [4.69, 9.17) is 5.11 Å². The summed E-state index contributed by atoms with van der Waals surface area (Å²) < 4.78 is 0. The minimum atomic E-state index is -0.685. The van der Waals surface area contributed by atoms with E-state index in [1.165, 1.54) is 7.05 Å². The van der Waals surface area contributed by atoms with Crippen molar-refractivity contribution in [3.05, 3.63) is 12.7 Å². The van der Waals surface area contributed by atoms with Crippen LogP contribution in [0.15, 0.2) is 12.7 Å². The highest BCUT2D eigenvalue weighted by Crippen LogP contribution is 2.38. The molecule has 1 rings (SSSR count). The van der Waals surface area contributed by atoms with Crippen LogP contribution in [0.3, 0.4) is 0 Å². The lowest BCUT2D eigenvalue weighted by atomic mass is 10.3. The Morgan fingerprint density at radius 3 is 2.40 bits per heavy atom. The first-order chi connectivity index (χ1) is 4.75. The summed E-state index contributed by atoms with van der Waals surface area (Å²) in [5.41, 5.74) is 4.50. The van der Waals surface area contributed by atoms with Gasteiger partial charge in [-0.1, -0.05) is 6.08 Å². The summed E-state index contributed by atoms with van der Waals surface area (Å²) in [6.07, 6.45) is 2.50.